The number of hydrogen-bond acceptors (Lipinski definition) is 3. The van der Waals surface area contributed by atoms with E-state index in [1.807, 2.05) is 42.6 Å². The van der Waals surface area contributed by atoms with Crippen LogP contribution in [-0.2, 0) is 0 Å². The Morgan fingerprint density at radius 1 is 0.326 bits per heavy atom. The van der Waals surface area contributed by atoms with E-state index in [0.717, 1.165) is 28.2 Å². The number of fused-ring (bicyclic) bond motifs is 2. The van der Waals surface area contributed by atoms with E-state index in [1.165, 1.54) is 64.6 Å². The number of benzene rings is 7. The molecule has 0 saturated carbocycles. The van der Waals surface area contributed by atoms with Crippen molar-refractivity contribution in [1.29, 1.82) is 0 Å². The van der Waals surface area contributed by atoms with Crippen molar-refractivity contribution in [2.24, 2.45) is 0 Å². The van der Waals surface area contributed by atoms with Gasteiger partial charge in [-0.05, 0) is 95.0 Å². The van der Waals surface area contributed by atoms with Crippen molar-refractivity contribution in [2.75, 3.05) is 0 Å². The molecule has 0 fully saturated rings. The number of aromatic nitrogens is 3. The molecule has 0 unspecified atom stereocenters. The minimum Gasteiger partial charge on any atom is -0.255 e. The van der Waals surface area contributed by atoms with E-state index in [0.29, 0.717) is 5.82 Å². The highest BCUT2D eigenvalue weighted by Crippen LogP contribution is 2.44. The highest BCUT2D eigenvalue weighted by Gasteiger charge is 2.18. The van der Waals surface area contributed by atoms with Crippen LogP contribution in [0.25, 0.3) is 98.7 Å². The van der Waals surface area contributed by atoms with Crippen molar-refractivity contribution >= 4 is 64.6 Å². The van der Waals surface area contributed by atoms with Crippen molar-refractivity contribution in [1.82, 2.24) is 15.0 Å². The lowest BCUT2D eigenvalue weighted by molar-refractivity contribution is 1.16. The van der Waals surface area contributed by atoms with Crippen LogP contribution in [0.15, 0.2) is 152 Å². The van der Waals surface area contributed by atoms with Crippen LogP contribution in [-0.4, -0.2) is 15.0 Å². The fraction of sp³-hybridized carbons (Fsp3) is 0. The standard InChI is InChI=1S/C43H25N3/c1-2-9-29(10-3-1)43-45-37(25-38(46-43)36-17-4-5-22-44-36)31-23-30-21-20-28-12-7-15-33-32-14-6-11-26-18-19-27-13-8-16-34(41(27)39(26)32)35(24-31)42(30)40(28)33/h1-25H. The highest BCUT2D eigenvalue weighted by atomic mass is 14.9. The SMILES string of the molecule is c1ccc(-c2nc(-c3cc4ccc5cccc6c7cccc8ccc9cccc(c(c3)c4c56)c9c87)cc(-c3ccccn3)n2)cc1. The first-order valence-electron chi connectivity index (χ1n) is 15.6. The van der Waals surface area contributed by atoms with Crippen LogP contribution in [0.3, 0.4) is 0 Å². The minimum atomic E-state index is 0.683. The molecule has 3 nitrogen and oxygen atoms in total. The molecular weight excluding hydrogens is 558 g/mol. The summed E-state index contributed by atoms with van der Waals surface area (Å²) in [6, 6.07) is 52.0. The van der Waals surface area contributed by atoms with E-state index in [-0.39, 0.29) is 0 Å². The summed E-state index contributed by atoms with van der Waals surface area (Å²) >= 11 is 0. The van der Waals surface area contributed by atoms with Crippen molar-refractivity contribution in [2.45, 2.75) is 0 Å². The van der Waals surface area contributed by atoms with Crippen LogP contribution in [0.1, 0.15) is 0 Å². The second kappa shape index (κ2) is 9.65. The van der Waals surface area contributed by atoms with Gasteiger partial charge < -0.3 is 0 Å². The van der Waals surface area contributed by atoms with Crippen LogP contribution in [0, 0.1) is 0 Å². The maximum Gasteiger partial charge on any atom is 0.160 e. The third-order valence-electron chi connectivity index (χ3n) is 9.41. The second-order valence-electron chi connectivity index (χ2n) is 12.0. The van der Waals surface area contributed by atoms with Crippen LogP contribution in [0.2, 0.25) is 0 Å². The molecule has 0 radical (unpaired) electrons. The van der Waals surface area contributed by atoms with E-state index in [4.69, 9.17) is 9.97 Å². The number of rotatable bonds is 3. The largest absolute Gasteiger partial charge is 0.255 e. The van der Waals surface area contributed by atoms with Gasteiger partial charge in [0.05, 0.1) is 17.1 Å². The molecule has 0 aliphatic carbocycles. The second-order valence-corrected chi connectivity index (χ2v) is 12.0. The highest BCUT2D eigenvalue weighted by molar-refractivity contribution is 6.37. The maximum atomic E-state index is 5.19. The zero-order chi connectivity index (χ0) is 30.2. The van der Waals surface area contributed by atoms with Crippen molar-refractivity contribution in [3.8, 4) is 34.0 Å². The summed E-state index contributed by atoms with van der Waals surface area (Å²) in [5, 5.41) is 15.1. The first kappa shape index (κ1) is 25.2. The summed E-state index contributed by atoms with van der Waals surface area (Å²) in [7, 11) is 0. The summed E-state index contributed by atoms with van der Waals surface area (Å²) < 4.78 is 0. The van der Waals surface area contributed by atoms with Crippen LogP contribution in [0.5, 0.6) is 0 Å². The molecule has 2 aromatic heterocycles. The Labute approximate surface area is 264 Å². The summed E-state index contributed by atoms with van der Waals surface area (Å²) in [6.07, 6.45) is 1.81. The summed E-state index contributed by atoms with van der Waals surface area (Å²) in [6.45, 7) is 0. The molecular formula is C43H25N3. The molecule has 3 heteroatoms. The smallest absolute Gasteiger partial charge is 0.160 e. The molecule has 0 aliphatic heterocycles. The number of nitrogens with zero attached hydrogens (tertiary/aromatic N) is 3. The predicted octanol–water partition coefficient (Wildman–Crippen LogP) is 11.2. The lowest BCUT2D eigenvalue weighted by atomic mass is 9.87. The van der Waals surface area contributed by atoms with E-state index in [9.17, 15) is 0 Å². The fourth-order valence-electron chi connectivity index (χ4n) is 7.39. The van der Waals surface area contributed by atoms with E-state index in [1.54, 1.807) is 0 Å². The topological polar surface area (TPSA) is 38.7 Å². The van der Waals surface area contributed by atoms with Gasteiger partial charge in [-0.1, -0.05) is 115 Å². The van der Waals surface area contributed by atoms with E-state index >= 15 is 0 Å². The molecule has 0 saturated heterocycles. The zero-order valence-corrected chi connectivity index (χ0v) is 24.8. The van der Waals surface area contributed by atoms with Crippen LogP contribution in [0.4, 0.5) is 0 Å². The lowest BCUT2D eigenvalue weighted by Gasteiger charge is -2.17. The summed E-state index contributed by atoms with van der Waals surface area (Å²) in [4.78, 5) is 14.8. The Hall–Kier alpha value is -6.19. The maximum absolute atomic E-state index is 5.19. The lowest BCUT2D eigenvalue weighted by Crippen LogP contribution is -1.97. The van der Waals surface area contributed by atoms with Gasteiger partial charge in [-0.3, -0.25) is 4.98 Å². The molecule has 46 heavy (non-hydrogen) atoms. The molecule has 10 rings (SSSR count). The molecule has 0 atom stereocenters. The van der Waals surface area contributed by atoms with Gasteiger partial charge in [-0.2, -0.15) is 0 Å². The minimum absolute atomic E-state index is 0.683. The average molecular weight is 584 g/mol. The van der Waals surface area contributed by atoms with E-state index in [2.05, 4.69) is 114 Å². The Balaban J connectivity index is 1.39. The van der Waals surface area contributed by atoms with Gasteiger partial charge >= 0.3 is 0 Å². The molecule has 0 aliphatic rings. The monoisotopic (exact) mass is 583 g/mol. The quantitative estimate of drug-likeness (QED) is 0.194. The van der Waals surface area contributed by atoms with Gasteiger partial charge in [0.2, 0.25) is 0 Å². The van der Waals surface area contributed by atoms with Gasteiger partial charge in [0.25, 0.3) is 0 Å². The Morgan fingerprint density at radius 3 is 1.52 bits per heavy atom. The van der Waals surface area contributed by atoms with Crippen LogP contribution >= 0.6 is 0 Å². The molecule has 0 amide bonds. The van der Waals surface area contributed by atoms with Gasteiger partial charge in [-0.15, -0.1) is 0 Å². The van der Waals surface area contributed by atoms with Gasteiger partial charge in [-0.25, -0.2) is 9.97 Å². The van der Waals surface area contributed by atoms with Gasteiger partial charge in [0.1, 0.15) is 0 Å². The molecule has 2 heterocycles. The first-order valence-corrected chi connectivity index (χ1v) is 15.6. The summed E-state index contributed by atoms with van der Waals surface area (Å²) in [5.74, 6) is 0.683. The third kappa shape index (κ3) is 3.69. The first-order chi connectivity index (χ1) is 22.8. The predicted molar refractivity (Wildman–Crippen MR) is 192 cm³/mol. The molecule has 212 valence electrons. The molecule has 10 aromatic rings. The average Bonchev–Trinajstić information content (AvgIpc) is 3.13. The van der Waals surface area contributed by atoms with Crippen LogP contribution < -0.4 is 0 Å². The van der Waals surface area contributed by atoms with Crippen molar-refractivity contribution < 1.29 is 0 Å². The molecule has 0 spiro atoms. The Morgan fingerprint density at radius 2 is 0.891 bits per heavy atom. The van der Waals surface area contributed by atoms with Gasteiger partial charge in [0.15, 0.2) is 5.82 Å². The van der Waals surface area contributed by atoms with Gasteiger partial charge in [0, 0.05) is 17.3 Å². The fourth-order valence-corrected chi connectivity index (χ4v) is 7.39. The normalized spacial score (nSPS) is 11.9. The van der Waals surface area contributed by atoms with E-state index < -0.39 is 0 Å². The Kier molecular flexibility index (Phi) is 5.28. The molecule has 0 bridgehead atoms. The van der Waals surface area contributed by atoms with Crippen molar-refractivity contribution in [3.05, 3.63) is 152 Å². The Bertz CT molecular complexity index is 2720. The molecule has 0 N–H and O–H groups in total. The number of pyridine rings is 1. The molecule has 8 aromatic carbocycles. The zero-order valence-electron chi connectivity index (χ0n) is 24.8. The third-order valence-corrected chi connectivity index (χ3v) is 9.41. The number of hydrogen-bond donors (Lipinski definition) is 0. The summed E-state index contributed by atoms with van der Waals surface area (Å²) in [5.41, 5.74) is 4.51. The van der Waals surface area contributed by atoms with Crippen molar-refractivity contribution in [3.63, 3.8) is 0 Å².